The number of fused-ring (bicyclic) bond motifs is 1. The Hall–Kier alpha value is -2.33. The zero-order chi connectivity index (χ0) is 14.9. The number of carboxylic acid groups (broad SMARTS) is 1. The van der Waals surface area contributed by atoms with Crippen molar-refractivity contribution in [3.8, 4) is 0 Å². The van der Waals surface area contributed by atoms with E-state index in [9.17, 15) is 9.90 Å². The van der Waals surface area contributed by atoms with Crippen molar-refractivity contribution in [2.45, 2.75) is 19.1 Å². The van der Waals surface area contributed by atoms with Gasteiger partial charge in [0.1, 0.15) is 0 Å². The van der Waals surface area contributed by atoms with Crippen LogP contribution in [0.5, 0.6) is 0 Å². The quantitative estimate of drug-likeness (QED) is 0.909. The monoisotopic (exact) mass is 283 g/mol. The fourth-order valence-corrected chi connectivity index (χ4v) is 2.67. The molecule has 108 valence electrons. The Morgan fingerprint density at radius 1 is 1.19 bits per heavy atom. The summed E-state index contributed by atoms with van der Waals surface area (Å²) < 4.78 is 5.53. The first-order valence-corrected chi connectivity index (χ1v) is 6.86. The van der Waals surface area contributed by atoms with Crippen molar-refractivity contribution in [3.05, 3.63) is 65.2 Å². The highest BCUT2D eigenvalue weighted by Gasteiger charge is 2.44. The molecule has 0 radical (unpaired) electrons. The number of hydrogen-bond donors (Lipinski definition) is 2. The average Bonchev–Trinajstić information content (AvgIpc) is 2.50. The third-order valence-corrected chi connectivity index (χ3v) is 3.83. The number of rotatable bonds is 3. The Balaban J connectivity index is 2.05. The SMILES string of the molecule is Cc1ccc(NC2(C(=O)O)COCc3ccccc32)cc1. The van der Waals surface area contributed by atoms with Crippen LogP contribution in [0.2, 0.25) is 0 Å². The largest absolute Gasteiger partial charge is 0.479 e. The molecule has 0 aromatic heterocycles. The molecule has 3 rings (SSSR count). The molecule has 1 aliphatic heterocycles. The third kappa shape index (κ3) is 2.38. The van der Waals surface area contributed by atoms with Gasteiger partial charge in [-0.05, 0) is 30.2 Å². The van der Waals surface area contributed by atoms with E-state index < -0.39 is 11.5 Å². The predicted molar refractivity (Wildman–Crippen MR) is 80.2 cm³/mol. The molecule has 0 saturated carbocycles. The van der Waals surface area contributed by atoms with Crippen LogP contribution in [0.15, 0.2) is 48.5 Å². The number of hydrogen-bond acceptors (Lipinski definition) is 3. The number of aryl methyl sites for hydroxylation is 1. The summed E-state index contributed by atoms with van der Waals surface area (Å²) in [4.78, 5) is 12.0. The molecule has 0 amide bonds. The standard InChI is InChI=1S/C17H17NO3/c1-12-6-8-14(9-7-12)18-17(16(19)20)11-21-10-13-4-2-3-5-15(13)17/h2-9,18H,10-11H2,1H3,(H,19,20). The summed E-state index contributed by atoms with van der Waals surface area (Å²) >= 11 is 0. The van der Waals surface area contributed by atoms with E-state index in [0.717, 1.165) is 22.4 Å². The molecule has 0 spiro atoms. The second-order valence-electron chi connectivity index (χ2n) is 5.35. The van der Waals surface area contributed by atoms with Gasteiger partial charge in [0.2, 0.25) is 0 Å². The molecule has 0 fully saturated rings. The Bertz CT molecular complexity index is 666. The maximum absolute atomic E-state index is 12.0. The van der Waals surface area contributed by atoms with Gasteiger partial charge in [-0.2, -0.15) is 0 Å². The van der Waals surface area contributed by atoms with Gasteiger partial charge >= 0.3 is 5.97 Å². The Morgan fingerprint density at radius 3 is 2.62 bits per heavy atom. The van der Waals surface area contributed by atoms with Crippen molar-refractivity contribution in [2.24, 2.45) is 0 Å². The van der Waals surface area contributed by atoms with Crippen LogP contribution < -0.4 is 5.32 Å². The zero-order valence-electron chi connectivity index (χ0n) is 11.8. The van der Waals surface area contributed by atoms with E-state index in [-0.39, 0.29) is 6.61 Å². The molecule has 1 atom stereocenters. The highest BCUT2D eigenvalue weighted by atomic mass is 16.5. The van der Waals surface area contributed by atoms with Gasteiger partial charge < -0.3 is 15.2 Å². The van der Waals surface area contributed by atoms with Crippen molar-refractivity contribution >= 4 is 11.7 Å². The molecule has 0 bridgehead atoms. The fourth-order valence-electron chi connectivity index (χ4n) is 2.67. The van der Waals surface area contributed by atoms with Crippen molar-refractivity contribution in [1.82, 2.24) is 0 Å². The first-order valence-electron chi connectivity index (χ1n) is 6.86. The first-order chi connectivity index (χ1) is 10.1. The lowest BCUT2D eigenvalue weighted by Gasteiger charge is -2.36. The molecule has 1 heterocycles. The van der Waals surface area contributed by atoms with E-state index in [0.29, 0.717) is 6.61 Å². The van der Waals surface area contributed by atoms with E-state index in [1.807, 2.05) is 55.5 Å². The van der Waals surface area contributed by atoms with Gasteiger partial charge in [0.25, 0.3) is 0 Å². The topological polar surface area (TPSA) is 58.6 Å². The van der Waals surface area contributed by atoms with E-state index in [4.69, 9.17) is 4.74 Å². The first kappa shape index (κ1) is 13.6. The number of carbonyl (C=O) groups is 1. The lowest BCUT2D eigenvalue weighted by Crippen LogP contribution is -2.50. The fraction of sp³-hybridized carbons (Fsp3) is 0.235. The summed E-state index contributed by atoms with van der Waals surface area (Å²) in [5, 5.41) is 13.0. The summed E-state index contributed by atoms with van der Waals surface area (Å²) in [5.74, 6) is -0.935. The lowest BCUT2D eigenvalue weighted by atomic mass is 9.85. The average molecular weight is 283 g/mol. The third-order valence-electron chi connectivity index (χ3n) is 3.83. The maximum Gasteiger partial charge on any atom is 0.336 e. The van der Waals surface area contributed by atoms with Crippen molar-refractivity contribution < 1.29 is 14.6 Å². The second-order valence-corrected chi connectivity index (χ2v) is 5.35. The molecule has 2 aromatic rings. The number of ether oxygens (including phenoxy) is 1. The Labute approximate surface area is 123 Å². The van der Waals surface area contributed by atoms with Crippen LogP contribution in [0.25, 0.3) is 0 Å². The Morgan fingerprint density at radius 2 is 1.90 bits per heavy atom. The lowest BCUT2D eigenvalue weighted by molar-refractivity contribution is -0.146. The maximum atomic E-state index is 12.0. The van der Waals surface area contributed by atoms with Gasteiger partial charge in [-0.25, -0.2) is 4.79 Å². The molecule has 0 saturated heterocycles. The van der Waals surface area contributed by atoms with Gasteiger partial charge in [0.05, 0.1) is 13.2 Å². The Kier molecular flexibility index (Phi) is 3.39. The van der Waals surface area contributed by atoms with Gasteiger partial charge in [0, 0.05) is 5.69 Å². The van der Waals surface area contributed by atoms with E-state index in [2.05, 4.69) is 5.32 Å². The predicted octanol–water partition coefficient (Wildman–Crippen LogP) is 2.92. The minimum absolute atomic E-state index is 0.104. The number of carboxylic acids is 1. The zero-order valence-corrected chi connectivity index (χ0v) is 11.8. The number of nitrogens with one attached hydrogen (secondary N) is 1. The number of aliphatic carboxylic acids is 1. The highest BCUT2D eigenvalue weighted by molar-refractivity contribution is 5.85. The summed E-state index contributed by atoms with van der Waals surface area (Å²) in [6.45, 7) is 2.55. The molecule has 21 heavy (non-hydrogen) atoms. The summed E-state index contributed by atoms with van der Waals surface area (Å²) in [6.07, 6.45) is 0. The molecule has 4 heteroatoms. The number of benzene rings is 2. The van der Waals surface area contributed by atoms with E-state index >= 15 is 0 Å². The summed E-state index contributed by atoms with van der Waals surface area (Å²) in [7, 11) is 0. The van der Waals surface area contributed by atoms with Crippen LogP contribution in [-0.4, -0.2) is 17.7 Å². The summed E-state index contributed by atoms with van der Waals surface area (Å²) in [6, 6.07) is 15.2. The minimum atomic E-state index is -1.25. The minimum Gasteiger partial charge on any atom is -0.479 e. The normalized spacial score (nSPS) is 20.6. The van der Waals surface area contributed by atoms with Gasteiger partial charge in [0.15, 0.2) is 5.54 Å². The molecule has 2 aromatic carbocycles. The van der Waals surface area contributed by atoms with Crippen LogP contribution in [0, 0.1) is 6.92 Å². The molecular weight excluding hydrogens is 266 g/mol. The number of anilines is 1. The van der Waals surface area contributed by atoms with Crippen LogP contribution in [-0.2, 0) is 21.7 Å². The van der Waals surface area contributed by atoms with Gasteiger partial charge in [-0.1, -0.05) is 42.0 Å². The molecule has 4 nitrogen and oxygen atoms in total. The van der Waals surface area contributed by atoms with Crippen molar-refractivity contribution in [2.75, 3.05) is 11.9 Å². The van der Waals surface area contributed by atoms with E-state index in [1.165, 1.54) is 0 Å². The molecular formula is C17H17NO3. The van der Waals surface area contributed by atoms with Gasteiger partial charge in [-0.3, -0.25) is 0 Å². The highest BCUT2D eigenvalue weighted by Crippen LogP contribution is 2.34. The summed E-state index contributed by atoms with van der Waals surface area (Å²) in [5.41, 5.74) is 2.33. The molecule has 1 unspecified atom stereocenters. The second kappa shape index (κ2) is 5.22. The van der Waals surface area contributed by atoms with Gasteiger partial charge in [-0.15, -0.1) is 0 Å². The smallest absolute Gasteiger partial charge is 0.336 e. The molecule has 2 N–H and O–H groups in total. The van der Waals surface area contributed by atoms with Crippen LogP contribution in [0.3, 0.4) is 0 Å². The van der Waals surface area contributed by atoms with Crippen molar-refractivity contribution in [1.29, 1.82) is 0 Å². The van der Waals surface area contributed by atoms with Crippen LogP contribution in [0.4, 0.5) is 5.69 Å². The van der Waals surface area contributed by atoms with E-state index in [1.54, 1.807) is 0 Å². The van der Waals surface area contributed by atoms with Crippen LogP contribution >= 0.6 is 0 Å². The van der Waals surface area contributed by atoms with Crippen molar-refractivity contribution in [3.63, 3.8) is 0 Å². The molecule has 0 aliphatic carbocycles. The van der Waals surface area contributed by atoms with Crippen LogP contribution in [0.1, 0.15) is 16.7 Å². The molecule has 1 aliphatic rings.